The summed E-state index contributed by atoms with van der Waals surface area (Å²) in [4.78, 5) is 2.18. The van der Waals surface area contributed by atoms with Crippen LogP contribution in [0.4, 0.5) is 5.69 Å². The maximum Gasteiger partial charge on any atom is 0.0725 e. The predicted molar refractivity (Wildman–Crippen MR) is 116 cm³/mol. The van der Waals surface area contributed by atoms with Crippen molar-refractivity contribution in [1.82, 2.24) is 4.90 Å². The van der Waals surface area contributed by atoms with Gasteiger partial charge in [0.15, 0.2) is 0 Å². The number of unbranched alkanes of at least 4 members (excludes halogenated alkanes) is 1. The lowest BCUT2D eigenvalue weighted by Crippen LogP contribution is -2.41. The van der Waals surface area contributed by atoms with Crippen molar-refractivity contribution < 1.29 is 5.11 Å². The van der Waals surface area contributed by atoms with Gasteiger partial charge in [0.05, 0.1) is 5.60 Å². The molecule has 2 N–H and O–H groups in total. The van der Waals surface area contributed by atoms with Gasteiger partial charge in [-0.15, -0.1) is 0 Å². The number of hydrogen-bond acceptors (Lipinski definition) is 3. The molecule has 0 bridgehead atoms. The Hall–Kier alpha value is -1.84. The molecule has 2 rings (SSSR count). The first-order valence-electron chi connectivity index (χ1n) is 10.2. The molecule has 0 saturated heterocycles. The summed E-state index contributed by atoms with van der Waals surface area (Å²) in [5.41, 5.74) is 2.94. The summed E-state index contributed by atoms with van der Waals surface area (Å²) in [6, 6.07) is 19.0. The average Bonchev–Trinajstić information content (AvgIpc) is 2.70. The monoisotopic (exact) mass is 368 g/mol. The summed E-state index contributed by atoms with van der Waals surface area (Å²) in [7, 11) is 4.16. The molecule has 0 aliphatic rings. The number of aliphatic hydroxyl groups is 1. The number of benzene rings is 2. The zero-order valence-electron chi connectivity index (χ0n) is 17.4. The molecule has 148 valence electrons. The maximum atomic E-state index is 11.4. The van der Waals surface area contributed by atoms with E-state index in [1.807, 2.05) is 6.07 Å². The quantitative estimate of drug-likeness (QED) is 0.567. The molecular formula is C24H36N2O. The van der Waals surface area contributed by atoms with Crippen LogP contribution in [0.2, 0.25) is 0 Å². The molecule has 0 amide bonds. The van der Waals surface area contributed by atoms with Crippen molar-refractivity contribution in [3.05, 3.63) is 65.7 Å². The molecule has 2 atom stereocenters. The van der Waals surface area contributed by atoms with Gasteiger partial charge in [0.25, 0.3) is 0 Å². The molecule has 3 nitrogen and oxygen atoms in total. The van der Waals surface area contributed by atoms with Crippen molar-refractivity contribution >= 4 is 5.69 Å². The maximum absolute atomic E-state index is 11.4. The van der Waals surface area contributed by atoms with E-state index in [2.05, 4.69) is 86.7 Å². The Morgan fingerprint density at radius 1 is 1.00 bits per heavy atom. The van der Waals surface area contributed by atoms with Crippen LogP contribution in [-0.2, 0) is 6.54 Å². The van der Waals surface area contributed by atoms with Gasteiger partial charge in [0.1, 0.15) is 0 Å². The third-order valence-electron chi connectivity index (χ3n) is 5.42. The Morgan fingerprint density at radius 2 is 1.67 bits per heavy atom. The van der Waals surface area contributed by atoms with E-state index >= 15 is 0 Å². The normalized spacial score (nSPS) is 14.7. The van der Waals surface area contributed by atoms with Crippen LogP contribution in [0.25, 0.3) is 0 Å². The van der Waals surface area contributed by atoms with Gasteiger partial charge < -0.3 is 15.3 Å². The summed E-state index contributed by atoms with van der Waals surface area (Å²) in [6.45, 7) is 5.96. The molecule has 0 aliphatic carbocycles. The van der Waals surface area contributed by atoms with Crippen LogP contribution in [0, 0.1) is 0 Å². The number of anilines is 1. The fraction of sp³-hybridized carbons (Fsp3) is 0.500. The zero-order chi connectivity index (χ0) is 19.7. The molecule has 2 aromatic rings. The summed E-state index contributed by atoms with van der Waals surface area (Å²) < 4.78 is 0. The van der Waals surface area contributed by atoms with E-state index in [4.69, 9.17) is 0 Å². The minimum absolute atomic E-state index is 0.118. The Balaban J connectivity index is 2.13. The first-order chi connectivity index (χ1) is 13.0. The number of rotatable bonds is 11. The highest BCUT2D eigenvalue weighted by Crippen LogP contribution is 2.36. The van der Waals surface area contributed by atoms with E-state index in [0.717, 1.165) is 44.5 Å². The SMILES string of the molecule is CCCCC(O)(CC)C(CN(C)C)c1ccc(NCc2ccccc2)cc1. The molecule has 0 radical (unpaired) electrons. The highest BCUT2D eigenvalue weighted by molar-refractivity contribution is 5.46. The number of nitrogens with zero attached hydrogens (tertiary/aromatic N) is 1. The van der Waals surface area contributed by atoms with E-state index in [-0.39, 0.29) is 5.92 Å². The second kappa shape index (κ2) is 10.5. The van der Waals surface area contributed by atoms with Gasteiger partial charge in [-0.25, -0.2) is 0 Å². The first-order valence-corrected chi connectivity index (χ1v) is 10.2. The van der Waals surface area contributed by atoms with Crippen molar-refractivity contribution in [3.8, 4) is 0 Å². The van der Waals surface area contributed by atoms with Crippen molar-refractivity contribution in [3.63, 3.8) is 0 Å². The van der Waals surface area contributed by atoms with Crippen LogP contribution in [-0.4, -0.2) is 36.2 Å². The Kier molecular flexibility index (Phi) is 8.33. The molecule has 2 aromatic carbocycles. The fourth-order valence-electron chi connectivity index (χ4n) is 3.66. The van der Waals surface area contributed by atoms with E-state index in [0.29, 0.717) is 0 Å². The highest BCUT2D eigenvalue weighted by Gasteiger charge is 2.35. The minimum atomic E-state index is -0.654. The van der Waals surface area contributed by atoms with Gasteiger partial charge in [-0.3, -0.25) is 0 Å². The topological polar surface area (TPSA) is 35.5 Å². The van der Waals surface area contributed by atoms with Crippen molar-refractivity contribution in [1.29, 1.82) is 0 Å². The van der Waals surface area contributed by atoms with Gasteiger partial charge in [0.2, 0.25) is 0 Å². The predicted octanol–water partition coefficient (Wildman–Crippen LogP) is 5.28. The highest BCUT2D eigenvalue weighted by atomic mass is 16.3. The molecule has 0 saturated carbocycles. The number of likely N-dealkylation sites (N-methyl/N-ethyl adjacent to an activating group) is 1. The van der Waals surface area contributed by atoms with E-state index in [1.54, 1.807) is 0 Å². The van der Waals surface area contributed by atoms with Crippen molar-refractivity contribution in [2.24, 2.45) is 0 Å². The Labute approximate surface area is 165 Å². The third-order valence-corrected chi connectivity index (χ3v) is 5.42. The van der Waals surface area contributed by atoms with Crippen molar-refractivity contribution in [2.75, 3.05) is 26.0 Å². The summed E-state index contributed by atoms with van der Waals surface area (Å²) >= 11 is 0. The zero-order valence-corrected chi connectivity index (χ0v) is 17.4. The van der Waals surface area contributed by atoms with Crippen LogP contribution >= 0.6 is 0 Å². The second-order valence-electron chi connectivity index (χ2n) is 7.84. The Bertz CT molecular complexity index is 654. The van der Waals surface area contributed by atoms with E-state index in [9.17, 15) is 5.11 Å². The number of hydrogen-bond donors (Lipinski definition) is 2. The molecule has 0 fully saturated rings. The van der Waals surface area contributed by atoms with Gasteiger partial charge in [-0.1, -0.05) is 69.2 Å². The van der Waals surface area contributed by atoms with Crippen LogP contribution < -0.4 is 5.32 Å². The third kappa shape index (κ3) is 6.37. The first kappa shape index (κ1) is 21.5. The van der Waals surface area contributed by atoms with Crippen LogP contribution in [0.3, 0.4) is 0 Å². The molecule has 0 heterocycles. The van der Waals surface area contributed by atoms with Gasteiger partial charge in [0, 0.05) is 24.7 Å². The average molecular weight is 369 g/mol. The molecule has 2 unspecified atom stereocenters. The fourth-order valence-corrected chi connectivity index (χ4v) is 3.66. The lowest BCUT2D eigenvalue weighted by molar-refractivity contribution is -0.00928. The van der Waals surface area contributed by atoms with Gasteiger partial charge in [-0.05, 0) is 50.2 Å². The molecule has 0 aromatic heterocycles. The second-order valence-corrected chi connectivity index (χ2v) is 7.84. The molecule has 0 spiro atoms. The number of nitrogens with one attached hydrogen (secondary N) is 1. The van der Waals surface area contributed by atoms with Crippen LogP contribution in [0.5, 0.6) is 0 Å². The molecule has 3 heteroatoms. The summed E-state index contributed by atoms with van der Waals surface area (Å²) in [5, 5.41) is 14.9. The van der Waals surface area contributed by atoms with Gasteiger partial charge >= 0.3 is 0 Å². The lowest BCUT2D eigenvalue weighted by atomic mass is 9.76. The standard InChI is InChI=1S/C24H36N2O/c1-5-7-17-24(27,6-2)23(19-26(3)4)21-13-15-22(16-14-21)25-18-20-11-9-8-10-12-20/h8-16,23,25,27H,5-7,17-19H2,1-4H3. The summed E-state index contributed by atoms with van der Waals surface area (Å²) in [6.07, 6.45) is 3.80. The molecule has 0 aliphatic heterocycles. The largest absolute Gasteiger partial charge is 0.389 e. The van der Waals surface area contributed by atoms with E-state index in [1.165, 1.54) is 11.1 Å². The van der Waals surface area contributed by atoms with E-state index < -0.39 is 5.60 Å². The van der Waals surface area contributed by atoms with Crippen LogP contribution in [0.15, 0.2) is 54.6 Å². The summed E-state index contributed by atoms with van der Waals surface area (Å²) in [5.74, 6) is 0.118. The molecule has 27 heavy (non-hydrogen) atoms. The van der Waals surface area contributed by atoms with Crippen LogP contribution in [0.1, 0.15) is 56.6 Å². The molecular weight excluding hydrogens is 332 g/mol. The Morgan fingerprint density at radius 3 is 2.22 bits per heavy atom. The minimum Gasteiger partial charge on any atom is -0.389 e. The van der Waals surface area contributed by atoms with Crippen molar-refractivity contribution in [2.45, 2.75) is 57.6 Å². The van der Waals surface area contributed by atoms with Gasteiger partial charge in [-0.2, -0.15) is 0 Å². The smallest absolute Gasteiger partial charge is 0.0725 e. The lowest BCUT2D eigenvalue weighted by Gasteiger charge is -2.38.